The lowest BCUT2D eigenvalue weighted by atomic mass is 10.2. The van der Waals surface area contributed by atoms with E-state index in [-0.39, 0.29) is 0 Å². The van der Waals surface area contributed by atoms with Crippen molar-refractivity contribution in [3.8, 4) is 17.1 Å². The molecule has 1 aromatic carbocycles. The molecular weight excluding hydrogens is 337 g/mol. The topological polar surface area (TPSA) is 55.6 Å². The number of anilines is 1. The Bertz CT molecular complexity index is 1090. The van der Waals surface area contributed by atoms with Crippen molar-refractivity contribution < 1.29 is 4.39 Å². The second kappa shape index (κ2) is 5.56. The highest BCUT2D eigenvalue weighted by Gasteiger charge is 2.18. The molecule has 0 radical (unpaired) electrons. The van der Waals surface area contributed by atoms with Gasteiger partial charge in [0.15, 0.2) is 5.65 Å². The van der Waals surface area contributed by atoms with Crippen LogP contribution >= 0.6 is 11.8 Å². The average Bonchev–Trinajstić information content (AvgIpc) is 3.26. The van der Waals surface area contributed by atoms with Crippen molar-refractivity contribution >= 4 is 28.6 Å². The summed E-state index contributed by atoms with van der Waals surface area (Å²) in [5, 5.41) is 3.33. The number of halogens is 1. The first-order valence-electron chi connectivity index (χ1n) is 7.76. The van der Waals surface area contributed by atoms with Gasteiger partial charge < -0.3 is 5.32 Å². The van der Waals surface area contributed by atoms with Gasteiger partial charge in [-0.1, -0.05) is 0 Å². The number of imidazole rings is 1. The zero-order valence-electron chi connectivity index (χ0n) is 13.0. The lowest BCUT2D eigenvalue weighted by molar-refractivity contribution is 0.584. The highest BCUT2D eigenvalue weighted by atomic mass is 32.2. The van der Waals surface area contributed by atoms with Crippen molar-refractivity contribution in [1.29, 1.82) is 0 Å². The number of pyridine rings is 2. The molecule has 0 atom stereocenters. The molecule has 1 aliphatic heterocycles. The molecule has 5 nitrogen and oxygen atoms in total. The summed E-state index contributed by atoms with van der Waals surface area (Å²) in [4.78, 5) is 14.2. The van der Waals surface area contributed by atoms with Gasteiger partial charge in [0.1, 0.15) is 11.3 Å². The van der Waals surface area contributed by atoms with Crippen LogP contribution in [0.3, 0.4) is 0 Å². The Labute approximate surface area is 147 Å². The van der Waals surface area contributed by atoms with Crippen molar-refractivity contribution in [3.63, 3.8) is 0 Å². The first-order valence-corrected chi connectivity index (χ1v) is 8.75. The second-order valence-electron chi connectivity index (χ2n) is 5.63. The normalized spacial score (nSPS) is 13.0. The van der Waals surface area contributed by atoms with Crippen LogP contribution in [0.2, 0.25) is 0 Å². The van der Waals surface area contributed by atoms with Crippen molar-refractivity contribution in [2.24, 2.45) is 0 Å². The Morgan fingerprint density at radius 3 is 2.96 bits per heavy atom. The number of benzene rings is 1. The number of aromatic nitrogens is 4. The first kappa shape index (κ1) is 14.4. The van der Waals surface area contributed by atoms with Crippen LogP contribution in [0.15, 0.2) is 59.8 Å². The summed E-state index contributed by atoms with van der Waals surface area (Å²) in [5.74, 6) is 1.05. The molecule has 3 aromatic heterocycles. The van der Waals surface area contributed by atoms with E-state index in [1.165, 1.54) is 17.2 Å². The molecule has 7 heteroatoms. The zero-order chi connectivity index (χ0) is 16.8. The largest absolute Gasteiger partial charge is 0.375 e. The van der Waals surface area contributed by atoms with Crippen LogP contribution in [0.4, 0.5) is 10.1 Å². The summed E-state index contributed by atoms with van der Waals surface area (Å²) in [6.45, 7) is 0. The Morgan fingerprint density at radius 2 is 2.08 bits per heavy atom. The predicted molar refractivity (Wildman–Crippen MR) is 96.4 cm³/mol. The fraction of sp³-hybridized carbons (Fsp3) is 0.0556. The number of thioether (sulfide) groups is 1. The average molecular weight is 349 g/mol. The van der Waals surface area contributed by atoms with Crippen molar-refractivity contribution in [3.05, 3.63) is 60.8 Å². The maximum Gasteiger partial charge on any atom is 0.212 e. The van der Waals surface area contributed by atoms with Crippen molar-refractivity contribution in [2.75, 3.05) is 11.2 Å². The molecule has 0 bridgehead atoms. The summed E-state index contributed by atoms with van der Waals surface area (Å²) in [6, 6.07) is 13.0. The summed E-state index contributed by atoms with van der Waals surface area (Å²) in [6.07, 6.45) is 3.24. The lowest BCUT2D eigenvalue weighted by Gasteiger charge is -2.10. The summed E-state index contributed by atoms with van der Waals surface area (Å²) >= 11 is 1.76. The highest BCUT2D eigenvalue weighted by Crippen LogP contribution is 2.36. The molecular formula is C18H12FN5S. The number of nitrogens with zero attached hydrogens (tertiary/aromatic N) is 4. The number of hydrogen-bond donors (Lipinski definition) is 1. The molecule has 25 heavy (non-hydrogen) atoms. The number of nitrogens with one attached hydrogen (secondary N) is 1. The van der Waals surface area contributed by atoms with Gasteiger partial charge in [0.2, 0.25) is 5.95 Å². The monoisotopic (exact) mass is 349 g/mol. The van der Waals surface area contributed by atoms with E-state index in [0.717, 1.165) is 34.0 Å². The first-order chi connectivity index (χ1) is 12.3. The Kier molecular flexibility index (Phi) is 3.21. The fourth-order valence-corrected chi connectivity index (χ4v) is 3.85. The third-order valence-corrected chi connectivity index (χ3v) is 5.05. The van der Waals surface area contributed by atoms with Gasteiger partial charge in [-0.2, -0.15) is 4.39 Å². The van der Waals surface area contributed by atoms with E-state index < -0.39 is 5.95 Å². The Morgan fingerprint density at radius 1 is 1.12 bits per heavy atom. The highest BCUT2D eigenvalue weighted by molar-refractivity contribution is 7.99. The van der Waals surface area contributed by atoms with E-state index >= 15 is 0 Å². The zero-order valence-corrected chi connectivity index (χ0v) is 13.8. The SMILES string of the molecule is Fc1ccc(-c2nc3cccnc3n2-c2ccc3c(c2)SCN3)cn1. The third-order valence-electron chi connectivity index (χ3n) is 4.12. The molecule has 5 rings (SSSR count). The van der Waals surface area contributed by atoms with E-state index in [0.29, 0.717) is 5.82 Å². The third kappa shape index (κ3) is 2.35. The van der Waals surface area contributed by atoms with Crippen molar-refractivity contribution in [1.82, 2.24) is 19.5 Å². The fourth-order valence-electron chi connectivity index (χ4n) is 2.97. The minimum absolute atomic E-state index is 0.510. The molecule has 4 heterocycles. The smallest absolute Gasteiger partial charge is 0.212 e. The molecule has 0 spiro atoms. The van der Waals surface area contributed by atoms with Crippen LogP contribution in [0.1, 0.15) is 0 Å². The van der Waals surface area contributed by atoms with Crippen LogP contribution in [-0.4, -0.2) is 25.4 Å². The molecule has 0 saturated carbocycles. The van der Waals surface area contributed by atoms with Crippen molar-refractivity contribution in [2.45, 2.75) is 4.90 Å². The van der Waals surface area contributed by atoms with Gasteiger partial charge in [0.25, 0.3) is 0 Å². The van der Waals surface area contributed by atoms with E-state index in [4.69, 9.17) is 4.98 Å². The molecule has 0 amide bonds. The van der Waals surface area contributed by atoms with Gasteiger partial charge in [-0.25, -0.2) is 15.0 Å². The molecule has 0 saturated heterocycles. The number of fused-ring (bicyclic) bond motifs is 2. The molecule has 0 aliphatic carbocycles. The second-order valence-corrected chi connectivity index (χ2v) is 6.65. The van der Waals surface area contributed by atoms with Gasteiger partial charge >= 0.3 is 0 Å². The number of rotatable bonds is 2. The maximum absolute atomic E-state index is 13.2. The van der Waals surface area contributed by atoms with Gasteiger partial charge in [-0.3, -0.25) is 4.57 Å². The summed E-state index contributed by atoms with van der Waals surface area (Å²) in [5.41, 5.74) is 4.39. The van der Waals surface area contributed by atoms with E-state index in [2.05, 4.69) is 27.4 Å². The van der Waals surface area contributed by atoms with Gasteiger partial charge in [0.05, 0.1) is 11.6 Å². The summed E-state index contributed by atoms with van der Waals surface area (Å²) in [7, 11) is 0. The van der Waals surface area contributed by atoms with E-state index in [1.54, 1.807) is 24.0 Å². The van der Waals surface area contributed by atoms with Gasteiger partial charge in [-0.15, -0.1) is 11.8 Å². The minimum Gasteiger partial charge on any atom is -0.375 e. The van der Waals surface area contributed by atoms with Gasteiger partial charge in [0, 0.05) is 28.5 Å². The maximum atomic E-state index is 13.2. The molecule has 4 aromatic rings. The molecule has 0 fully saturated rings. The molecule has 0 unspecified atom stereocenters. The van der Waals surface area contributed by atoms with Crippen LogP contribution in [0.5, 0.6) is 0 Å². The Hall–Kier alpha value is -2.93. The lowest BCUT2D eigenvalue weighted by Crippen LogP contribution is -1.99. The molecule has 122 valence electrons. The minimum atomic E-state index is -0.510. The van der Waals surface area contributed by atoms with Crippen LogP contribution in [-0.2, 0) is 0 Å². The van der Waals surface area contributed by atoms with E-state index in [9.17, 15) is 4.39 Å². The molecule has 1 aliphatic rings. The quantitative estimate of drug-likeness (QED) is 0.552. The van der Waals surface area contributed by atoms with Crippen LogP contribution in [0, 0.1) is 5.95 Å². The summed E-state index contributed by atoms with van der Waals surface area (Å²) < 4.78 is 15.2. The van der Waals surface area contributed by atoms with Gasteiger partial charge in [-0.05, 0) is 42.5 Å². The molecule has 1 N–H and O–H groups in total. The Balaban J connectivity index is 1.78. The van der Waals surface area contributed by atoms with Crippen LogP contribution in [0.25, 0.3) is 28.2 Å². The standard InChI is InChI=1S/C18H12FN5S/c19-16-6-3-11(9-21-16)17-23-14-2-1-7-20-18(14)24(17)12-4-5-13-15(8-12)25-10-22-13/h1-9,22H,10H2. The number of hydrogen-bond acceptors (Lipinski definition) is 5. The van der Waals surface area contributed by atoms with Crippen LogP contribution < -0.4 is 5.32 Å². The van der Waals surface area contributed by atoms with E-state index in [1.807, 2.05) is 22.8 Å². The predicted octanol–water partition coefficient (Wildman–Crippen LogP) is 4.10.